The Labute approximate surface area is 120 Å². The molecule has 1 fully saturated rings. The van der Waals surface area contributed by atoms with Crippen LogP contribution in [0.5, 0.6) is 0 Å². The first-order valence-electron chi connectivity index (χ1n) is 6.83. The standard InChI is InChI=1S/C15H20O4S/c1-12-6-8-13(9-7-12)20(17,18)19-11-15(2)10-4-3-5-14(15)16/h6-9H,3-5,10-11H2,1-2H3/t15-/m0/s1. The lowest BCUT2D eigenvalue weighted by atomic mass is 9.75. The van der Waals surface area contributed by atoms with E-state index in [4.69, 9.17) is 4.18 Å². The molecule has 1 saturated carbocycles. The van der Waals surface area contributed by atoms with Gasteiger partial charge in [-0.3, -0.25) is 8.98 Å². The maximum absolute atomic E-state index is 12.1. The summed E-state index contributed by atoms with van der Waals surface area (Å²) in [5.74, 6) is 0.0999. The summed E-state index contributed by atoms with van der Waals surface area (Å²) >= 11 is 0. The molecule has 0 aliphatic heterocycles. The van der Waals surface area contributed by atoms with Crippen LogP contribution in [0.1, 0.15) is 38.2 Å². The van der Waals surface area contributed by atoms with Crippen molar-refractivity contribution in [2.75, 3.05) is 6.61 Å². The lowest BCUT2D eigenvalue weighted by Crippen LogP contribution is -2.36. The second-order valence-corrected chi connectivity index (χ2v) is 7.34. The minimum Gasteiger partial charge on any atom is -0.299 e. The largest absolute Gasteiger partial charge is 0.299 e. The van der Waals surface area contributed by atoms with Crippen LogP contribution in [-0.4, -0.2) is 20.8 Å². The van der Waals surface area contributed by atoms with E-state index in [2.05, 4.69) is 0 Å². The fraction of sp³-hybridized carbons (Fsp3) is 0.533. The van der Waals surface area contributed by atoms with E-state index in [0.717, 1.165) is 18.4 Å². The van der Waals surface area contributed by atoms with Crippen LogP contribution in [0.25, 0.3) is 0 Å². The van der Waals surface area contributed by atoms with Crippen molar-refractivity contribution in [2.45, 2.75) is 44.4 Å². The van der Waals surface area contributed by atoms with Crippen LogP contribution in [0.3, 0.4) is 0 Å². The van der Waals surface area contributed by atoms with Crippen molar-refractivity contribution < 1.29 is 17.4 Å². The highest BCUT2D eigenvalue weighted by molar-refractivity contribution is 7.86. The molecule has 1 aliphatic carbocycles. The van der Waals surface area contributed by atoms with Gasteiger partial charge in [-0.25, -0.2) is 0 Å². The fourth-order valence-electron chi connectivity index (χ4n) is 2.38. The Hall–Kier alpha value is -1.20. The smallest absolute Gasteiger partial charge is 0.297 e. The number of hydrogen-bond acceptors (Lipinski definition) is 4. The first-order valence-corrected chi connectivity index (χ1v) is 8.24. The predicted molar refractivity (Wildman–Crippen MR) is 75.9 cm³/mol. The van der Waals surface area contributed by atoms with Crippen LogP contribution in [0.2, 0.25) is 0 Å². The van der Waals surface area contributed by atoms with Crippen LogP contribution in [-0.2, 0) is 19.1 Å². The second-order valence-electron chi connectivity index (χ2n) is 5.72. The Morgan fingerprint density at radius 1 is 1.20 bits per heavy atom. The Bertz CT molecular complexity index is 589. The normalized spacial score (nSPS) is 23.8. The van der Waals surface area contributed by atoms with Crippen LogP contribution < -0.4 is 0 Å². The van der Waals surface area contributed by atoms with E-state index < -0.39 is 15.5 Å². The molecule has 0 unspecified atom stereocenters. The van der Waals surface area contributed by atoms with Gasteiger partial charge in [-0.2, -0.15) is 8.42 Å². The number of aryl methyl sites for hydroxylation is 1. The predicted octanol–water partition coefficient (Wildman–Crippen LogP) is 2.85. The fourth-order valence-corrected chi connectivity index (χ4v) is 3.40. The molecule has 1 aromatic carbocycles. The highest BCUT2D eigenvalue weighted by Crippen LogP contribution is 2.33. The summed E-state index contributed by atoms with van der Waals surface area (Å²) in [6.45, 7) is 3.61. The zero-order valence-electron chi connectivity index (χ0n) is 11.9. The van der Waals surface area contributed by atoms with Gasteiger partial charge in [0.25, 0.3) is 10.1 Å². The number of ketones is 1. The zero-order chi connectivity index (χ0) is 14.8. The number of rotatable bonds is 4. The van der Waals surface area contributed by atoms with Crippen LogP contribution in [0.4, 0.5) is 0 Å². The molecule has 0 aromatic heterocycles. The molecular weight excluding hydrogens is 276 g/mol. The van der Waals surface area contributed by atoms with E-state index >= 15 is 0 Å². The summed E-state index contributed by atoms with van der Waals surface area (Å²) in [6, 6.07) is 6.50. The maximum Gasteiger partial charge on any atom is 0.297 e. The number of carbonyl (C=O) groups is 1. The van der Waals surface area contributed by atoms with Gasteiger partial charge in [-0.15, -0.1) is 0 Å². The molecule has 0 heterocycles. The third kappa shape index (κ3) is 3.27. The van der Waals surface area contributed by atoms with Gasteiger partial charge in [0, 0.05) is 6.42 Å². The molecule has 0 amide bonds. The average Bonchev–Trinajstić information content (AvgIpc) is 2.41. The van der Waals surface area contributed by atoms with Gasteiger partial charge in [-0.1, -0.05) is 31.0 Å². The van der Waals surface area contributed by atoms with E-state index in [9.17, 15) is 13.2 Å². The van der Waals surface area contributed by atoms with Gasteiger partial charge < -0.3 is 0 Å². The van der Waals surface area contributed by atoms with Gasteiger partial charge in [0.2, 0.25) is 0 Å². The minimum atomic E-state index is -3.79. The molecule has 110 valence electrons. The average molecular weight is 296 g/mol. The summed E-state index contributed by atoms with van der Waals surface area (Å²) < 4.78 is 29.3. The summed E-state index contributed by atoms with van der Waals surface area (Å²) in [5, 5.41) is 0. The highest BCUT2D eigenvalue weighted by atomic mass is 32.2. The van der Waals surface area contributed by atoms with E-state index in [1.807, 2.05) is 6.92 Å². The van der Waals surface area contributed by atoms with Crippen LogP contribution >= 0.6 is 0 Å². The molecule has 0 spiro atoms. The third-order valence-electron chi connectivity index (χ3n) is 3.90. The van der Waals surface area contributed by atoms with Crippen molar-refractivity contribution in [3.8, 4) is 0 Å². The van der Waals surface area contributed by atoms with Crippen molar-refractivity contribution in [2.24, 2.45) is 5.41 Å². The molecule has 4 nitrogen and oxygen atoms in total. The maximum atomic E-state index is 12.1. The Morgan fingerprint density at radius 2 is 1.85 bits per heavy atom. The monoisotopic (exact) mass is 296 g/mol. The topological polar surface area (TPSA) is 60.4 Å². The van der Waals surface area contributed by atoms with E-state index in [-0.39, 0.29) is 17.3 Å². The van der Waals surface area contributed by atoms with Crippen molar-refractivity contribution in [1.82, 2.24) is 0 Å². The molecule has 1 atom stereocenters. The van der Waals surface area contributed by atoms with Crippen molar-refractivity contribution in [1.29, 1.82) is 0 Å². The van der Waals surface area contributed by atoms with E-state index in [1.165, 1.54) is 12.1 Å². The number of hydrogen-bond donors (Lipinski definition) is 0. The Balaban J connectivity index is 2.09. The summed E-state index contributed by atoms with van der Waals surface area (Å²) in [4.78, 5) is 12.1. The van der Waals surface area contributed by atoms with Gasteiger partial charge in [0.1, 0.15) is 5.78 Å². The highest BCUT2D eigenvalue weighted by Gasteiger charge is 2.37. The lowest BCUT2D eigenvalue weighted by Gasteiger charge is -2.31. The second kappa shape index (κ2) is 5.66. The van der Waals surface area contributed by atoms with E-state index in [0.29, 0.717) is 12.8 Å². The Morgan fingerprint density at radius 3 is 2.45 bits per heavy atom. The zero-order valence-corrected chi connectivity index (χ0v) is 12.7. The number of benzene rings is 1. The minimum absolute atomic E-state index is 0.0674. The summed E-state index contributed by atoms with van der Waals surface area (Å²) in [7, 11) is -3.79. The number of Topliss-reactive ketones (excluding diaryl/α,β-unsaturated/α-hetero) is 1. The molecule has 0 N–H and O–H groups in total. The first kappa shape index (κ1) is 15.2. The van der Waals surface area contributed by atoms with Gasteiger partial charge in [0.05, 0.1) is 16.9 Å². The van der Waals surface area contributed by atoms with Crippen molar-refractivity contribution in [3.05, 3.63) is 29.8 Å². The van der Waals surface area contributed by atoms with Gasteiger partial charge in [-0.05, 0) is 31.9 Å². The molecule has 0 saturated heterocycles. The molecule has 5 heteroatoms. The Kier molecular flexibility index (Phi) is 4.30. The lowest BCUT2D eigenvalue weighted by molar-refractivity contribution is -0.132. The molecular formula is C15H20O4S. The quantitative estimate of drug-likeness (QED) is 0.802. The molecule has 1 aliphatic rings. The molecule has 1 aromatic rings. The molecule has 20 heavy (non-hydrogen) atoms. The van der Waals surface area contributed by atoms with Crippen molar-refractivity contribution in [3.63, 3.8) is 0 Å². The third-order valence-corrected chi connectivity index (χ3v) is 5.18. The van der Waals surface area contributed by atoms with Crippen LogP contribution in [0.15, 0.2) is 29.2 Å². The molecule has 0 radical (unpaired) electrons. The summed E-state index contributed by atoms with van der Waals surface area (Å²) in [6.07, 6.45) is 3.04. The first-order chi connectivity index (χ1) is 9.33. The van der Waals surface area contributed by atoms with Gasteiger partial charge >= 0.3 is 0 Å². The summed E-state index contributed by atoms with van der Waals surface area (Å²) in [5.41, 5.74) is 0.314. The van der Waals surface area contributed by atoms with Crippen LogP contribution in [0, 0.1) is 12.3 Å². The van der Waals surface area contributed by atoms with E-state index in [1.54, 1.807) is 19.1 Å². The molecule has 0 bridgehead atoms. The molecule has 2 rings (SSSR count). The van der Waals surface area contributed by atoms with Crippen molar-refractivity contribution >= 4 is 15.9 Å². The SMILES string of the molecule is Cc1ccc(S(=O)(=O)OC[C@]2(C)CCCCC2=O)cc1. The number of carbonyl (C=O) groups excluding carboxylic acids is 1. The van der Waals surface area contributed by atoms with Gasteiger partial charge in [0.15, 0.2) is 0 Å².